The number of carbonyl (C=O) groups is 2. The molecule has 80 valence electrons. The average molecular weight is 248 g/mol. The van der Waals surface area contributed by atoms with Crippen LogP contribution in [0.3, 0.4) is 0 Å². The summed E-state index contributed by atoms with van der Waals surface area (Å²) in [6.07, 6.45) is 0.484. The number of halogens is 1. The van der Waals surface area contributed by atoms with Gasteiger partial charge in [-0.1, -0.05) is 5.16 Å². The molecule has 8 heteroatoms. The van der Waals surface area contributed by atoms with Crippen molar-refractivity contribution in [1.29, 1.82) is 0 Å². The Kier molecular flexibility index (Phi) is 4.19. The van der Waals surface area contributed by atoms with Crippen LogP contribution < -0.4 is 5.32 Å². The fraction of sp³-hybridized carbons (Fsp3) is 0.143. The van der Waals surface area contributed by atoms with E-state index in [4.69, 9.17) is 11.6 Å². The first-order chi connectivity index (χ1) is 7.19. The molecule has 0 radical (unpaired) electrons. The van der Waals surface area contributed by atoms with Crippen molar-refractivity contribution in [1.82, 2.24) is 4.98 Å². The quantitative estimate of drug-likeness (QED) is 0.362. The number of rotatable bonds is 5. The highest BCUT2D eigenvalue weighted by Gasteiger charge is 2.16. The number of hydrogen-bond donors (Lipinski definition) is 1. The Hall–Kier alpha value is -1.47. The Morgan fingerprint density at radius 1 is 1.80 bits per heavy atom. The van der Waals surface area contributed by atoms with Gasteiger partial charge in [-0.2, -0.15) is 0 Å². The molecule has 0 aliphatic carbocycles. The van der Waals surface area contributed by atoms with Gasteiger partial charge in [0.1, 0.15) is 12.8 Å². The van der Waals surface area contributed by atoms with Gasteiger partial charge in [-0.15, -0.1) is 11.3 Å². The maximum absolute atomic E-state index is 10.9. The van der Waals surface area contributed by atoms with Gasteiger partial charge in [-0.05, 0) is 11.6 Å². The predicted octanol–water partition coefficient (Wildman–Crippen LogP) is 0.827. The zero-order chi connectivity index (χ0) is 11.3. The lowest BCUT2D eigenvalue weighted by atomic mass is 10.3. The number of carbonyl (C=O) groups excluding carboxylic acids is 2. The Balaban J connectivity index is 2.97. The number of anilines is 1. The third kappa shape index (κ3) is 3.00. The zero-order valence-corrected chi connectivity index (χ0v) is 9.13. The molecule has 0 aliphatic heterocycles. The van der Waals surface area contributed by atoms with E-state index in [-0.39, 0.29) is 11.4 Å². The van der Waals surface area contributed by atoms with Crippen LogP contribution in [-0.2, 0) is 14.4 Å². The first-order valence-electron chi connectivity index (χ1n) is 3.66. The molecule has 0 fully saturated rings. The highest BCUT2D eigenvalue weighted by atomic mass is 35.5. The normalized spacial score (nSPS) is 10.9. The van der Waals surface area contributed by atoms with E-state index in [0.717, 1.165) is 11.3 Å². The minimum Gasteiger partial charge on any atom is -0.398 e. The largest absolute Gasteiger partial charge is 0.398 e. The van der Waals surface area contributed by atoms with Crippen LogP contribution in [0.25, 0.3) is 0 Å². The molecule has 1 heterocycles. The lowest BCUT2D eigenvalue weighted by Gasteiger charge is -1.94. The molecule has 15 heavy (non-hydrogen) atoms. The van der Waals surface area contributed by atoms with Gasteiger partial charge in [0.25, 0.3) is 5.24 Å². The van der Waals surface area contributed by atoms with E-state index in [9.17, 15) is 9.59 Å². The molecule has 1 amide bonds. The van der Waals surface area contributed by atoms with Gasteiger partial charge in [0, 0.05) is 5.38 Å². The summed E-state index contributed by atoms with van der Waals surface area (Å²) in [5.41, 5.74) is 0.153. The van der Waals surface area contributed by atoms with Crippen LogP contribution in [0, 0.1) is 0 Å². The van der Waals surface area contributed by atoms with Crippen molar-refractivity contribution >= 4 is 45.4 Å². The maximum atomic E-state index is 10.9. The molecule has 1 aromatic rings. The third-order valence-corrected chi connectivity index (χ3v) is 2.25. The van der Waals surface area contributed by atoms with Crippen LogP contribution in [-0.4, -0.2) is 29.5 Å². The number of nitrogens with one attached hydrogen (secondary N) is 1. The second-order valence-corrected chi connectivity index (χ2v) is 3.40. The third-order valence-electron chi connectivity index (χ3n) is 1.30. The van der Waals surface area contributed by atoms with Gasteiger partial charge in [0.15, 0.2) is 10.8 Å². The van der Waals surface area contributed by atoms with E-state index in [1.165, 1.54) is 12.5 Å². The molecule has 0 spiro atoms. The summed E-state index contributed by atoms with van der Waals surface area (Å²) in [6, 6.07) is 0. The summed E-state index contributed by atoms with van der Waals surface area (Å²) in [4.78, 5) is 29.4. The van der Waals surface area contributed by atoms with Crippen molar-refractivity contribution in [3.05, 3.63) is 11.1 Å². The van der Waals surface area contributed by atoms with E-state index < -0.39 is 5.24 Å². The van der Waals surface area contributed by atoms with Crippen molar-refractivity contribution in [3.63, 3.8) is 0 Å². The second kappa shape index (κ2) is 5.42. The van der Waals surface area contributed by atoms with Crippen molar-refractivity contribution < 1.29 is 14.4 Å². The first kappa shape index (κ1) is 11.6. The molecule has 6 nitrogen and oxygen atoms in total. The average Bonchev–Trinajstić information content (AvgIpc) is 2.62. The Bertz CT molecular complexity index is 404. The molecule has 0 saturated carbocycles. The lowest BCUT2D eigenvalue weighted by Crippen LogP contribution is -2.10. The van der Waals surface area contributed by atoms with E-state index in [2.05, 4.69) is 20.3 Å². The molecule has 0 aromatic carbocycles. The monoisotopic (exact) mass is 247 g/mol. The fourth-order valence-electron chi connectivity index (χ4n) is 0.774. The molecule has 0 atom stereocenters. The van der Waals surface area contributed by atoms with Crippen LogP contribution in [0.1, 0.15) is 5.69 Å². The minimum absolute atomic E-state index is 0.102. The topological polar surface area (TPSA) is 80.6 Å². The molecule has 0 bridgehead atoms. The fourth-order valence-corrected chi connectivity index (χ4v) is 1.56. The Morgan fingerprint density at radius 2 is 2.53 bits per heavy atom. The van der Waals surface area contributed by atoms with Crippen molar-refractivity contribution in [2.24, 2.45) is 5.16 Å². The molecule has 1 rings (SSSR count). The molecule has 0 unspecified atom stereocenters. The van der Waals surface area contributed by atoms with Crippen molar-refractivity contribution in [2.75, 3.05) is 12.4 Å². The number of thiazole rings is 1. The molecular weight excluding hydrogens is 242 g/mol. The smallest absolute Gasteiger partial charge is 0.276 e. The van der Waals surface area contributed by atoms with Gasteiger partial charge in [-0.25, -0.2) is 4.98 Å². The maximum Gasteiger partial charge on any atom is 0.276 e. The predicted molar refractivity (Wildman–Crippen MR) is 56.2 cm³/mol. The number of oxime groups is 1. The Morgan fingerprint density at radius 3 is 3.07 bits per heavy atom. The Labute approximate surface area is 93.9 Å². The first-order valence-corrected chi connectivity index (χ1v) is 4.92. The van der Waals surface area contributed by atoms with Crippen LogP contribution in [0.4, 0.5) is 5.13 Å². The minimum atomic E-state index is -0.778. The molecule has 1 N–H and O–H groups in total. The van der Waals surface area contributed by atoms with Crippen LogP contribution in [0.5, 0.6) is 0 Å². The molecule has 1 aromatic heterocycles. The van der Waals surface area contributed by atoms with Gasteiger partial charge < -0.3 is 10.2 Å². The van der Waals surface area contributed by atoms with Crippen molar-refractivity contribution in [2.45, 2.75) is 0 Å². The standard InChI is InChI=1S/C7H6ClN3O3S/c1-14-11-5(6(8)13)4-2-15-7(10-4)9-3-12/h2-3H,1H3,(H,9,10,12)/b11-5-. The summed E-state index contributed by atoms with van der Waals surface area (Å²) >= 11 is 6.41. The number of nitrogens with zero attached hydrogens (tertiary/aromatic N) is 2. The van der Waals surface area contributed by atoms with Crippen LogP contribution in [0.2, 0.25) is 0 Å². The number of hydrogen-bond acceptors (Lipinski definition) is 6. The van der Waals surface area contributed by atoms with Crippen LogP contribution >= 0.6 is 22.9 Å². The summed E-state index contributed by atoms with van der Waals surface area (Å²) in [7, 11) is 1.29. The second-order valence-electron chi connectivity index (χ2n) is 2.20. The van der Waals surface area contributed by atoms with Gasteiger partial charge in [0.05, 0.1) is 0 Å². The van der Waals surface area contributed by atoms with Crippen LogP contribution in [0.15, 0.2) is 10.5 Å². The number of amides is 1. The molecule has 0 saturated heterocycles. The lowest BCUT2D eigenvalue weighted by molar-refractivity contribution is -0.106. The van der Waals surface area contributed by atoms with E-state index in [1.807, 2.05) is 0 Å². The SMILES string of the molecule is CO/N=C(\C(=O)Cl)c1csc(NC=O)n1. The highest BCUT2D eigenvalue weighted by molar-refractivity contribution is 7.14. The summed E-state index contributed by atoms with van der Waals surface area (Å²) in [5.74, 6) is 0. The number of aromatic nitrogens is 1. The van der Waals surface area contributed by atoms with Gasteiger partial charge in [-0.3, -0.25) is 9.59 Å². The summed E-state index contributed by atoms with van der Waals surface area (Å²) in [6.45, 7) is 0. The highest BCUT2D eigenvalue weighted by Crippen LogP contribution is 2.16. The zero-order valence-electron chi connectivity index (χ0n) is 7.56. The van der Waals surface area contributed by atoms with E-state index in [0.29, 0.717) is 11.5 Å². The van der Waals surface area contributed by atoms with E-state index in [1.54, 1.807) is 0 Å². The van der Waals surface area contributed by atoms with Gasteiger partial charge >= 0.3 is 0 Å². The molecule has 0 aliphatic rings. The molecular formula is C7H6ClN3O3S. The van der Waals surface area contributed by atoms with E-state index >= 15 is 0 Å². The summed E-state index contributed by atoms with van der Waals surface area (Å²) in [5, 5.41) is 6.87. The van der Waals surface area contributed by atoms with Crippen molar-refractivity contribution in [3.8, 4) is 0 Å². The summed E-state index contributed by atoms with van der Waals surface area (Å²) < 4.78 is 0. The van der Waals surface area contributed by atoms with Gasteiger partial charge in [0.2, 0.25) is 6.41 Å².